The lowest BCUT2D eigenvalue weighted by Gasteiger charge is -2.33. The van der Waals surface area contributed by atoms with Crippen LogP contribution < -0.4 is 0 Å². The quantitative estimate of drug-likeness (QED) is 0.624. The minimum absolute atomic E-state index is 0.191. The first kappa shape index (κ1) is 19.3. The third kappa shape index (κ3) is 3.30. The van der Waals surface area contributed by atoms with E-state index in [1.54, 1.807) is 15.5 Å². The zero-order valence-corrected chi connectivity index (χ0v) is 17.7. The van der Waals surface area contributed by atoms with Crippen LogP contribution >= 0.6 is 22.9 Å². The van der Waals surface area contributed by atoms with Crippen LogP contribution in [0.15, 0.2) is 28.6 Å². The van der Waals surface area contributed by atoms with Gasteiger partial charge in [0.15, 0.2) is 5.65 Å². The number of hydrogen-bond donors (Lipinski definition) is 0. The van der Waals surface area contributed by atoms with Crippen LogP contribution in [0.5, 0.6) is 0 Å². The monoisotopic (exact) mass is 439 g/mol. The summed E-state index contributed by atoms with van der Waals surface area (Å²) in [6, 6.07) is 4.98. The SMILES string of the molecule is Cc1cc(C)n2ncc(C(=O)N3CCN(S(=O)(=O)c4ccc(Cl)s4)CC3)c2n1. The Labute approximate surface area is 171 Å². The minimum Gasteiger partial charge on any atom is -0.336 e. The van der Waals surface area contributed by atoms with Gasteiger partial charge in [0.25, 0.3) is 15.9 Å². The molecular formula is C17H18ClN5O3S2. The van der Waals surface area contributed by atoms with Crippen molar-refractivity contribution in [3.63, 3.8) is 0 Å². The smallest absolute Gasteiger partial charge is 0.259 e. The van der Waals surface area contributed by atoms with Crippen LogP contribution in [0.2, 0.25) is 4.34 Å². The number of aryl methyl sites for hydroxylation is 2. The van der Waals surface area contributed by atoms with Crippen molar-refractivity contribution in [1.82, 2.24) is 23.8 Å². The molecule has 3 aromatic rings. The second-order valence-corrected chi connectivity index (χ2v) is 10.5. The van der Waals surface area contributed by atoms with Crippen molar-refractivity contribution in [2.75, 3.05) is 26.2 Å². The van der Waals surface area contributed by atoms with E-state index in [4.69, 9.17) is 11.6 Å². The van der Waals surface area contributed by atoms with Crippen molar-refractivity contribution in [3.8, 4) is 0 Å². The van der Waals surface area contributed by atoms with E-state index < -0.39 is 10.0 Å². The second-order valence-electron chi connectivity index (χ2n) is 6.59. The Kier molecular flexibility index (Phi) is 4.90. The maximum Gasteiger partial charge on any atom is 0.259 e. The molecule has 4 heterocycles. The number of piperazine rings is 1. The molecule has 1 amide bonds. The first-order valence-electron chi connectivity index (χ1n) is 8.64. The molecule has 11 heteroatoms. The van der Waals surface area contributed by atoms with E-state index >= 15 is 0 Å². The number of aromatic nitrogens is 3. The maximum atomic E-state index is 13.0. The molecule has 4 rings (SSSR count). The molecule has 0 spiro atoms. The van der Waals surface area contributed by atoms with Crippen molar-refractivity contribution in [3.05, 3.63) is 45.7 Å². The van der Waals surface area contributed by atoms with Gasteiger partial charge in [-0.2, -0.15) is 9.40 Å². The molecule has 0 saturated carbocycles. The van der Waals surface area contributed by atoms with E-state index in [0.29, 0.717) is 28.6 Å². The molecule has 0 aromatic carbocycles. The molecule has 1 aliphatic rings. The molecule has 148 valence electrons. The predicted molar refractivity (Wildman–Crippen MR) is 106 cm³/mol. The van der Waals surface area contributed by atoms with Crippen molar-refractivity contribution in [1.29, 1.82) is 0 Å². The third-order valence-electron chi connectivity index (χ3n) is 4.68. The number of carbonyl (C=O) groups is 1. The highest BCUT2D eigenvalue weighted by Crippen LogP contribution is 2.28. The van der Waals surface area contributed by atoms with Crippen molar-refractivity contribution < 1.29 is 13.2 Å². The molecule has 1 saturated heterocycles. The Morgan fingerprint density at radius 3 is 2.54 bits per heavy atom. The Balaban J connectivity index is 1.52. The number of fused-ring (bicyclic) bond motifs is 1. The Bertz CT molecular complexity index is 1160. The molecule has 1 fully saturated rings. The number of rotatable bonds is 3. The topological polar surface area (TPSA) is 87.9 Å². The molecule has 0 unspecified atom stereocenters. The summed E-state index contributed by atoms with van der Waals surface area (Å²) in [5, 5.41) is 4.26. The number of sulfonamides is 1. The summed E-state index contributed by atoms with van der Waals surface area (Å²) in [5.74, 6) is -0.191. The maximum absolute atomic E-state index is 13.0. The average molecular weight is 440 g/mol. The highest BCUT2D eigenvalue weighted by Gasteiger charge is 2.32. The van der Waals surface area contributed by atoms with E-state index in [9.17, 15) is 13.2 Å². The van der Waals surface area contributed by atoms with E-state index in [0.717, 1.165) is 22.7 Å². The first-order chi connectivity index (χ1) is 13.3. The lowest BCUT2D eigenvalue weighted by atomic mass is 10.2. The van der Waals surface area contributed by atoms with Gasteiger partial charge in [-0.25, -0.2) is 17.9 Å². The van der Waals surface area contributed by atoms with Crippen molar-refractivity contribution >= 4 is 44.5 Å². The standard InChI is InChI=1S/C17H18ClN5O3S2/c1-11-9-12(2)23-16(20-11)13(10-19-23)17(24)21-5-7-22(8-6-21)28(25,26)15-4-3-14(18)27-15/h3-4,9-10H,5-8H2,1-2H3. The van der Waals surface area contributed by atoms with Gasteiger partial charge < -0.3 is 4.90 Å². The largest absolute Gasteiger partial charge is 0.336 e. The van der Waals surface area contributed by atoms with Crippen molar-refractivity contribution in [2.45, 2.75) is 18.1 Å². The van der Waals surface area contributed by atoms with E-state index in [1.165, 1.54) is 16.6 Å². The minimum atomic E-state index is -3.59. The van der Waals surface area contributed by atoms with Gasteiger partial charge in [0, 0.05) is 37.6 Å². The fourth-order valence-electron chi connectivity index (χ4n) is 3.29. The van der Waals surface area contributed by atoms with Gasteiger partial charge in [0.05, 0.1) is 10.5 Å². The highest BCUT2D eigenvalue weighted by molar-refractivity contribution is 7.91. The highest BCUT2D eigenvalue weighted by atomic mass is 35.5. The van der Waals surface area contributed by atoms with Crippen LogP contribution in [-0.4, -0.2) is 64.3 Å². The number of nitrogens with zero attached hydrogens (tertiary/aromatic N) is 5. The lowest BCUT2D eigenvalue weighted by Crippen LogP contribution is -2.50. The summed E-state index contributed by atoms with van der Waals surface area (Å²) in [5.41, 5.74) is 2.65. The number of thiophene rings is 1. The van der Waals surface area contributed by atoms with Crippen LogP contribution in [0.1, 0.15) is 21.7 Å². The number of halogens is 1. The van der Waals surface area contributed by atoms with E-state index in [1.807, 2.05) is 19.9 Å². The van der Waals surface area contributed by atoms with Crippen LogP contribution in [-0.2, 0) is 10.0 Å². The molecule has 28 heavy (non-hydrogen) atoms. The zero-order valence-electron chi connectivity index (χ0n) is 15.3. The van der Waals surface area contributed by atoms with Crippen LogP contribution in [0.25, 0.3) is 5.65 Å². The number of carbonyl (C=O) groups excluding carboxylic acids is 1. The van der Waals surface area contributed by atoms with Gasteiger partial charge in [-0.3, -0.25) is 4.79 Å². The van der Waals surface area contributed by atoms with Gasteiger partial charge in [0.1, 0.15) is 9.77 Å². The Morgan fingerprint density at radius 2 is 1.89 bits per heavy atom. The van der Waals surface area contributed by atoms with Crippen LogP contribution in [0.3, 0.4) is 0 Å². The van der Waals surface area contributed by atoms with Gasteiger partial charge in [-0.15, -0.1) is 11.3 Å². The van der Waals surface area contributed by atoms with E-state index in [-0.39, 0.29) is 23.2 Å². The molecule has 0 radical (unpaired) electrons. The van der Waals surface area contributed by atoms with E-state index in [2.05, 4.69) is 10.1 Å². The number of hydrogen-bond acceptors (Lipinski definition) is 6. The summed E-state index contributed by atoms with van der Waals surface area (Å²) in [6.07, 6.45) is 1.52. The molecule has 8 nitrogen and oxygen atoms in total. The molecule has 0 atom stereocenters. The molecule has 0 bridgehead atoms. The number of amides is 1. The molecule has 3 aromatic heterocycles. The summed E-state index contributed by atoms with van der Waals surface area (Å²) in [4.78, 5) is 19.1. The fourth-order valence-corrected chi connectivity index (χ4v) is 6.35. The second kappa shape index (κ2) is 7.11. The van der Waals surface area contributed by atoms with Crippen LogP contribution in [0.4, 0.5) is 0 Å². The van der Waals surface area contributed by atoms with Crippen molar-refractivity contribution in [2.24, 2.45) is 0 Å². The van der Waals surface area contributed by atoms with Gasteiger partial charge in [0.2, 0.25) is 0 Å². The lowest BCUT2D eigenvalue weighted by molar-refractivity contribution is 0.0699. The van der Waals surface area contributed by atoms with Crippen LogP contribution in [0, 0.1) is 13.8 Å². The average Bonchev–Trinajstić information content (AvgIpc) is 3.28. The molecule has 1 aliphatic heterocycles. The normalized spacial score (nSPS) is 16.0. The molecular weight excluding hydrogens is 422 g/mol. The third-order valence-corrected chi connectivity index (χ3v) is 8.27. The summed E-state index contributed by atoms with van der Waals surface area (Å²) in [7, 11) is -3.59. The van der Waals surface area contributed by atoms with Gasteiger partial charge >= 0.3 is 0 Å². The first-order valence-corrected chi connectivity index (χ1v) is 11.3. The molecule has 0 N–H and O–H groups in total. The summed E-state index contributed by atoms with van der Waals surface area (Å²) >= 11 is 6.90. The summed E-state index contributed by atoms with van der Waals surface area (Å²) in [6.45, 7) is 4.85. The Hall–Kier alpha value is -2.01. The summed E-state index contributed by atoms with van der Waals surface area (Å²) < 4.78 is 29.1. The zero-order chi connectivity index (χ0) is 20.1. The molecule has 0 aliphatic carbocycles. The fraction of sp³-hybridized carbons (Fsp3) is 0.353. The predicted octanol–water partition coefficient (Wildman–Crippen LogP) is 2.21. The Morgan fingerprint density at radius 1 is 1.18 bits per heavy atom. The van der Waals surface area contributed by atoms with Gasteiger partial charge in [-0.1, -0.05) is 11.6 Å². The van der Waals surface area contributed by atoms with Gasteiger partial charge in [-0.05, 0) is 32.0 Å².